The van der Waals surface area contributed by atoms with Gasteiger partial charge in [0.1, 0.15) is 17.2 Å². The molecule has 0 radical (unpaired) electrons. The maximum atomic E-state index is 13.2. The summed E-state index contributed by atoms with van der Waals surface area (Å²) >= 11 is 3.42. The molecule has 1 unspecified atom stereocenters. The zero-order valence-corrected chi connectivity index (χ0v) is 14.0. The highest BCUT2D eigenvalue weighted by atomic mass is 79.9. The predicted octanol–water partition coefficient (Wildman–Crippen LogP) is 2.18. The quantitative estimate of drug-likeness (QED) is 0.737. The van der Waals surface area contributed by atoms with Crippen LogP contribution in [-0.4, -0.2) is 36.0 Å². The van der Waals surface area contributed by atoms with E-state index in [0.29, 0.717) is 12.1 Å². The van der Waals surface area contributed by atoms with Crippen molar-refractivity contribution in [1.29, 1.82) is 0 Å². The van der Waals surface area contributed by atoms with E-state index < -0.39 is 6.10 Å². The van der Waals surface area contributed by atoms with Gasteiger partial charge in [-0.2, -0.15) is 5.10 Å². The largest absolute Gasteiger partial charge is 0.391 e. The van der Waals surface area contributed by atoms with Crippen LogP contribution in [0.25, 0.3) is 11.4 Å². The fraction of sp³-hybridized carbons (Fsp3) is 0.267. The molecule has 23 heavy (non-hydrogen) atoms. The van der Waals surface area contributed by atoms with Gasteiger partial charge in [-0.25, -0.2) is 9.07 Å². The molecule has 6 nitrogen and oxygen atoms in total. The van der Waals surface area contributed by atoms with Crippen molar-refractivity contribution in [3.05, 3.63) is 52.5 Å². The van der Waals surface area contributed by atoms with E-state index in [0.717, 1.165) is 15.7 Å². The van der Waals surface area contributed by atoms with Gasteiger partial charge in [0.2, 0.25) is 0 Å². The zero-order chi connectivity index (χ0) is 16.4. The second kappa shape index (κ2) is 6.59. The van der Waals surface area contributed by atoms with Crippen LogP contribution in [0.15, 0.2) is 41.1 Å². The summed E-state index contributed by atoms with van der Waals surface area (Å²) in [7, 11) is 1.82. The molecule has 120 valence electrons. The number of aliphatic hydroxyl groups is 1. The number of hydrogen-bond donors (Lipinski definition) is 1. The van der Waals surface area contributed by atoms with Crippen molar-refractivity contribution in [2.45, 2.75) is 19.1 Å². The Morgan fingerprint density at radius 1 is 1.39 bits per heavy atom. The molecular formula is C15H15BrFN5O. The van der Waals surface area contributed by atoms with Crippen LogP contribution in [0.1, 0.15) is 5.56 Å². The van der Waals surface area contributed by atoms with Crippen LogP contribution in [0, 0.1) is 5.82 Å². The molecule has 0 bridgehead atoms. The smallest absolute Gasteiger partial charge is 0.132 e. The minimum atomic E-state index is -0.679. The molecule has 0 fully saturated rings. The first-order valence-electron chi connectivity index (χ1n) is 7.03. The molecule has 0 aliphatic carbocycles. The fourth-order valence-electron chi connectivity index (χ4n) is 2.41. The maximum absolute atomic E-state index is 13.2. The summed E-state index contributed by atoms with van der Waals surface area (Å²) < 4.78 is 17.2. The number of aliphatic hydroxyl groups excluding tert-OH is 1. The number of nitrogens with zero attached hydrogens (tertiary/aromatic N) is 5. The fourth-order valence-corrected chi connectivity index (χ4v) is 2.96. The first-order valence-corrected chi connectivity index (χ1v) is 7.82. The monoisotopic (exact) mass is 379 g/mol. The molecule has 0 aliphatic rings. The topological polar surface area (TPSA) is 68.8 Å². The first-order chi connectivity index (χ1) is 11.0. The summed E-state index contributed by atoms with van der Waals surface area (Å²) in [6.07, 6.45) is 3.10. The Kier molecular flexibility index (Phi) is 4.53. The van der Waals surface area contributed by atoms with Crippen molar-refractivity contribution < 1.29 is 9.50 Å². The van der Waals surface area contributed by atoms with Gasteiger partial charge >= 0.3 is 0 Å². The normalized spacial score (nSPS) is 12.5. The second-order valence-electron chi connectivity index (χ2n) is 5.28. The van der Waals surface area contributed by atoms with Gasteiger partial charge in [0.05, 0.1) is 29.5 Å². The van der Waals surface area contributed by atoms with Crippen LogP contribution in [0.3, 0.4) is 0 Å². The Balaban J connectivity index is 1.69. The van der Waals surface area contributed by atoms with Crippen LogP contribution in [0.2, 0.25) is 0 Å². The molecular weight excluding hydrogens is 365 g/mol. The van der Waals surface area contributed by atoms with E-state index in [4.69, 9.17) is 0 Å². The summed E-state index contributed by atoms with van der Waals surface area (Å²) in [5, 5.41) is 22.4. The summed E-state index contributed by atoms with van der Waals surface area (Å²) in [5.74, 6) is -0.307. The molecule has 0 saturated carbocycles. The van der Waals surface area contributed by atoms with Crippen LogP contribution >= 0.6 is 15.9 Å². The Hall–Kier alpha value is -2.06. The summed E-state index contributed by atoms with van der Waals surface area (Å²) in [6.45, 7) is 0.277. The molecule has 1 atom stereocenters. The number of halogens is 2. The van der Waals surface area contributed by atoms with E-state index in [9.17, 15) is 9.50 Å². The highest BCUT2D eigenvalue weighted by Crippen LogP contribution is 2.25. The van der Waals surface area contributed by atoms with E-state index in [1.165, 1.54) is 12.1 Å². The van der Waals surface area contributed by atoms with E-state index in [1.54, 1.807) is 33.9 Å². The zero-order valence-electron chi connectivity index (χ0n) is 12.4. The van der Waals surface area contributed by atoms with Gasteiger partial charge in [-0.05, 0) is 33.6 Å². The standard InChI is InChI=1S/C15H15BrFN5O/c1-21-15(13(16)7-18-21)14-9-22(20-19-14)8-12(23)6-10-3-2-4-11(17)5-10/h2-5,7,9,12,23H,6,8H2,1H3. The van der Waals surface area contributed by atoms with Gasteiger partial charge < -0.3 is 5.11 Å². The van der Waals surface area contributed by atoms with Gasteiger partial charge in [0, 0.05) is 13.5 Å². The lowest BCUT2D eigenvalue weighted by molar-refractivity contribution is 0.148. The molecule has 0 saturated heterocycles. The van der Waals surface area contributed by atoms with Gasteiger partial charge in [-0.3, -0.25) is 4.68 Å². The average Bonchev–Trinajstić information content (AvgIpc) is 3.05. The van der Waals surface area contributed by atoms with Crippen LogP contribution < -0.4 is 0 Å². The Labute approximate surface area is 140 Å². The summed E-state index contributed by atoms with van der Waals surface area (Å²) in [4.78, 5) is 0. The molecule has 3 rings (SSSR count). The molecule has 0 amide bonds. The Morgan fingerprint density at radius 2 is 2.22 bits per heavy atom. The maximum Gasteiger partial charge on any atom is 0.132 e. The number of rotatable bonds is 5. The third-order valence-electron chi connectivity index (χ3n) is 3.43. The predicted molar refractivity (Wildman–Crippen MR) is 86.0 cm³/mol. The van der Waals surface area contributed by atoms with E-state index in [2.05, 4.69) is 31.3 Å². The molecule has 3 aromatic rings. The van der Waals surface area contributed by atoms with Crippen LogP contribution in [0.5, 0.6) is 0 Å². The summed E-state index contributed by atoms with van der Waals surface area (Å²) in [5.41, 5.74) is 2.22. The van der Waals surface area contributed by atoms with Crippen LogP contribution in [0.4, 0.5) is 4.39 Å². The van der Waals surface area contributed by atoms with Gasteiger partial charge in [0.25, 0.3) is 0 Å². The molecule has 2 heterocycles. The van der Waals surface area contributed by atoms with Crippen molar-refractivity contribution in [2.24, 2.45) is 7.05 Å². The van der Waals surface area contributed by atoms with Crippen molar-refractivity contribution >= 4 is 15.9 Å². The third-order valence-corrected chi connectivity index (χ3v) is 4.01. The SMILES string of the molecule is Cn1ncc(Br)c1-c1cn(CC(O)Cc2cccc(F)c2)nn1. The Bertz CT molecular complexity index is 796. The lowest BCUT2D eigenvalue weighted by atomic mass is 10.1. The van der Waals surface area contributed by atoms with Crippen molar-refractivity contribution in [3.8, 4) is 11.4 Å². The average molecular weight is 380 g/mol. The van der Waals surface area contributed by atoms with Crippen molar-refractivity contribution in [2.75, 3.05) is 0 Å². The number of aryl methyl sites for hydroxylation is 1. The molecule has 0 spiro atoms. The van der Waals surface area contributed by atoms with Crippen molar-refractivity contribution in [3.63, 3.8) is 0 Å². The summed E-state index contributed by atoms with van der Waals surface area (Å²) in [6, 6.07) is 6.21. The number of aromatic nitrogens is 5. The molecule has 1 aromatic carbocycles. The third kappa shape index (κ3) is 3.65. The van der Waals surface area contributed by atoms with Gasteiger partial charge in [0.15, 0.2) is 0 Å². The molecule has 8 heteroatoms. The lowest BCUT2D eigenvalue weighted by Crippen LogP contribution is -2.19. The highest BCUT2D eigenvalue weighted by molar-refractivity contribution is 9.10. The lowest BCUT2D eigenvalue weighted by Gasteiger charge is -2.10. The minimum absolute atomic E-state index is 0.277. The van der Waals surface area contributed by atoms with Gasteiger partial charge in [-0.15, -0.1) is 5.10 Å². The number of hydrogen-bond acceptors (Lipinski definition) is 4. The molecule has 0 aliphatic heterocycles. The highest BCUT2D eigenvalue weighted by Gasteiger charge is 2.14. The first kappa shape index (κ1) is 15.8. The molecule has 2 aromatic heterocycles. The second-order valence-corrected chi connectivity index (χ2v) is 6.13. The molecule has 1 N–H and O–H groups in total. The minimum Gasteiger partial charge on any atom is -0.391 e. The van der Waals surface area contributed by atoms with E-state index >= 15 is 0 Å². The van der Waals surface area contributed by atoms with Crippen LogP contribution in [-0.2, 0) is 20.0 Å². The van der Waals surface area contributed by atoms with E-state index in [1.807, 2.05) is 7.05 Å². The number of benzene rings is 1. The Morgan fingerprint density at radius 3 is 2.91 bits per heavy atom. The van der Waals surface area contributed by atoms with Gasteiger partial charge in [-0.1, -0.05) is 17.3 Å². The van der Waals surface area contributed by atoms with Crippen molar-refractivity contribution in [1.82, 2.24) is 24.8 Å². The van der Waals surface area contributed by atoms with E-state index in [-0.39, 0.29) is 12.4 Å².